The second kappa shape index (κ2) is 3.16. The van der Waals surface area contributed by atoms with E-state index in [1.165, 1.54) is 6.20 Å². The predicted molar refractivity (Wildman–Crippen MR) is 56.6 cm³/mol. The summed E-state index contributed by atoms with van der Waals surface area (Å²) in [6, 6.07) is 3.74. The molecule has 0 spiro atoms. The Morgan fingerprint density at radius 3 is 2.88 bits per heavy atom. The Balaban J connectivity index is 1.78. The first-order valence-corrected chi connectivity index (χ1v) is 5.42. The van der Waals surface area contributed by atoms with Crippen LogP contribution in [0, 0.1) is 17.2 Å². The van der Waals surface area contributed by atoms with Crippen LogP contribution in [0.15, 0.2) is 12.3 Å². The van der Waals surface area contributed by atoms with Crippen LogP contribution in [0.3, 0.4) is 0 Å². The molecule has 5 nitrogen and oxygen atoms in total. The molecule has 0 radical (unpaired) electrons. The molecule has 16 heavy (non-hydrogen) atoms. The molecule has 2 fully saturated rings. The number of hydrogen-bond donors (Lipinski definition) is 1. The van der Waals surface area contributed by atoms with Crippen LogP contribution in [0.4, 0.5) is 5.82 Å². The minimum atomic E-state index is -0.551. The van der Waals surface area contributed by atoms with E-state index in [1.54, 1.807) is 6.07 Å². The van der Waals surface area contributed by atoms with Crippen molar-refractivity contribution in [2.75, 3.05) is 18.0 Å². The van der Waals surface area contributed by atoms with Crippen LogP contribution in [0.1, 0.15) is 18.4 Å². The second-order valence-electron chi connectivity index (χ2n) is 4.61. The van der Waals surface area contributed by atoms with Gasteiger partial charge in [-0.2, -0.15) is 10.4 Å². The number of aromatic nitrogens is 2. The molecule has 5 heteroatoms. The third-order valence-corrected chi connectivity index (χ3v) is 3.39. The van der Waals surface area contributed by atoms with Crippen molar-refractivity contribution in [1.82, 2.24) is 10.2 Å². The number of β-amino-alcohol motifs (C(OH)–C–C–N with tert-alkyl or cyclic N) is 1. The highest BCUT2D eigenvalue weighted by Gasteiger charge is 2.52. The maximum absolute atomic E-state index is 10.2. The lowest BCUT2D eigenvalue weighted by molar-refractivity contribution is -0.00984. The summed E-state index contributed by atoms with van der Waals surface area (Å²) >= 11 is 0. The van der Waals surface area contributed by atoms with Crippen LogP contribution in [-0.2, 0) is 0 Å². The van der Waals surface area contributed by atoms with E-state index in [9.17, 15) is 5.11 Å². The van der Waals surface area contributed by atoms with Gasteiger partial charge in [0, 0.05) is 0 Å². The van der Waals surface area contributed by atoms with Gasteiger partial charge in [-0.05, 0) is 24.8 Å². The average molecular weight is 216 g/mol. The largest absolute Gasteiger partial charge is 0.386 e. The van der Waals surface area contributed by atoms with Crippen molar-refractivity contribution in [1.29, 1.82) is 5.26 Å². The first-order chi connectivity index (χ1) is 7.73. The van der Waals surface area contributed by atoms with Gasteiger partial charge in [0.05, 0.1) is 24.8 Å². The molecular formula is C11H12N4O. The lowest BCUT2D eigenvalue weighted by Gasteiger charge is -2.47. The Kier molecular flexibility index (Phi) is 1.88. The lowest BCUT2D eigenvalue weighted by Crippen LogP contribution is -2.63. The molecule has 1 N–H and O–H groups in total. The highest BCUT2D eigenvalue weighted by Crippen LogP contribution is 2.45. The Bertz CT molecular complexity index is 457. The van der Waals surface area contributed by atoms with Crippen LogP contribution >= 0.6 is 0 Å². The second-order valence-corrected chi connectivity index (χ2v) is 4.61. The highest BCUT2D eigenvalue weighted by atomic mass is 16.3. The smallest absolute Gasteiger partial charge is 0.169 e. The molecule has 0 amide bonds. The van der Waals surface area contributed by atoms with E-state index in [1.807, 2.05) is 4.90 Å². The van der Waals surface area contributed by atoms with Gasteiger partial charge in [0.1, 0.15) is 11.7 Å². The number of anilines is 1. The zero-order valence-corrected chi connectivity index (χ0v) is 8.80. The molecule has 0 atom stereocenters. The lowest BCUT2D eigenvalue weighted by atomic mass is 9.88. The molecule has 0 unspecified atom stereocenters. The molecule has 1 aromatic heterocycles. The van der Waals surface area contributed by atoms with E-state index in [2.05, 4.69) is 16.3 Å². The van der Waals surface area contributed by atoms with E-state index in [4.69, 9.17) is 5.26 Å². The van der Waals surface area contributed by atoms with Crippen LogP contribution in [0.2, 0.25) is 0 Å². The summed E-state index contributed by atoms with van der Waals surface area (Å²) in [5, 5.41) is 26.8. The first-order valence-electron chi connectivity index (χ1n) is 5.42. The van der Waals surface area contributed by atoms with Gasteiger partial charge in [-0.25, -0.2) is 0 Å². The zero-order valence-electron chi connectivity index (χ0n) is 8.80. The van der Waals surface area contributed by atoms with E-state index < -0.39 is 5.60 Å². The van der Waals surface area contributed by atoms with E-state index in [0.717, 1.165) is 12.8 Å². The van der Waals surface area contributed by atoms with Crippen molar-refractivity contribution in [2.24, 2.45) is 5.92 Å². The van der Waals surface area contributed by atoms with Gasteiger partial charge in [0.25, 0.3) is 0 Å². The number of nitrogens with zero attached hydrogens (tertiary/aromatic N) is 4. The van der Waals surface area contributed by atoms with Gasteiger partial charge in [-0.1, -0.05) is 0 Å². The van der Waals surface area contributed by atoms with Crippen LogP contribution in [-0.4, -0.2) is 34.0 Å². The summed E-state index contributed by atoms with van der Waals surface area (Å²) in [7, 11) is 0. The molecule has 1 saturated carbocycles. The van der Waals surface area contributed by atoms with Crippen molar-refractivity contribution in [3.63, 3.8) is 0 Å². The fraction of sp³-hybridized carbons (Fsp3) is 0.545. The zero-order chi connectivity index (χ0) is 11.2. The molecule has 1 saturated heterocycles. The van der Waals surface area contributed by atoms with Gasteiger partial charge in [0.2, 0.25) is 0 Å². The molecular weight excluding hydrogens is 204 g/mol. The van der Waals surface area contributed by atoms with Gasteiger partial charge >= 0.3 is 0 Å². The first kappa shape index (κ1) is 9.55. The molecule has 2 heterocycles. The number of rotatable bonds is 2. The van der Waals surface area contributed by atoms with Crippen LogP contribution in [0.25, 0.3) is 0 Å². The average Bonchev–Trinajstić information content (AvgIpc) is 3.09. The van der Waals surface area contributed by atoms with Crippen molar-refractivity contribution < 1.29 is 5.11 Å². The molecule has 0 bridgehead atoms. The molecule has 1 aliphatic carbocycles. The SMILES string of the molecule is N#Cc1ccnnc1N1CC(O)(C2CC2)C1. The number of aliphatic hydroxyl groups is 1. The monoisotopic (exact) mass is 216 g/mol. The van der Waals surface area contributed by atoms with Crippen molar-refractivity contribution in [2.45, 2.75) is 18.4 Å². The van der Waals surface area contributed by atoms with Gasteiger partial charge in [-0.15, -0.1) is 5.10 Å². The van der Waals surface area contributed by atoms with Crippen molar-refractivity contribution in [3.05, 3.63) is 17.8 Å². The normalized spacial score (nSPS) is 22.4. The Labute approximate surface area is 93.3 Å². The van der Waals surface area contributed by atoms with E-state index in [-0.39, 0.29) is 0 Å². The number of nitriles is 1. The summed E-state index contributed by atoms with van der Waals surface area (Å²) in [4.78, 5) is 1.92. The summed E-state index contributed by atoms with van der Waals surface area (Å²) in [6.45, 7) is 1.15. The van der Waals surface area contributed by atoms with E-state index >= 15 is 0 Å². The fourth-order valence-corrected chi connectivity index (χ4v) is 2.29. The van der Waals surface area contributed by atoms with Crippen LogP contribution in [0.5, 0.6) is 0 Å². The molecule has 2 aliphatic rings. The highest BCUT2D eigenvalue weighted by molar-refractivity contribution is 5.55. The predicted octanol–water partition coefficient (Wildman–Crippen LogP) is 0.309. The van der Waals surface area contributed by atoms with E-state index in [0.29, 0.717) is 30.4 Å². The number of hydrogen-bond acceptors (Lipinski definition) is 5. The fourth-order valence-electron chi connectivity index (χ4n) is 2.29. The van der Waals surface area contributed by atoms with Crippen molar-refractivity contribution >= 4 is 5.82 Å². The Hall–Kier alpha value is -1.67. The minimum Gasteiger partial charge on any atom is -0.386 e. The summed E-state index contributed by atoms with van der Waals surface area (Å²) in [6.07, 6.45) is 3.75. The molecule has 82 valence electrons. The third-order valence-electron chi connectivity index (χ3n) is 3.39. The van der Waals surface area contributed by atoms with Gasteiger partial charge in [0.15, 0.2) is 5.82 Å². The third kappa shape index (κ3) is 1.34. The topological polar surface area (TPSA) is 73.0 Å². The Morgan fingerprint density at radius 1 is 1.50 bits per heavy atom. The molecule has 0 aromatic carbocycles. The van der Waals surface area contributed by atoms with Gasteiger partial charge < -0.3 is 10.0 Å². The maximum Gasteiger partial charge on any atom is 0.169 e. The quantitative estimate of drug-likeness (QED) is 0.770. The van der Waals surface area contributed by atoms with Crippen molar-refractivity contribution in [3.8, 4) is 6.07 Å². The minimum absolute atomic E-state index is 0.450. The summed E-state index contributed by atoms with van der Waals surface area (Å²) in [5.74, 6) is 1.04. The maximum atomic E-state index is 10.2. The molecule has 1 aromatic rings. The van der Waals surface area contributed by atoms with Gasteiger partial charge in [-0.3, -0.25) is 0 Å². The Morgan fingerprint density at radius 2 is 2.25 bits per heavy atom. The standard InChI is InChI=1S/C11H12N4O/c12-5-8-3-4-13-14-10(8)15-6-11(16,7-15)9-1-2-9/h3-4,9,16H,1-2,6-7H2. The van der Waals surface area contributed by atoms with Crippen LogP contribution < -0.4 is 4.90 Å². The molecule has 1 aliphatic heterocycles. The summed E-state index contributed by atoms with van der Waals surface area (Å²) in [5.41, 5.74) is -0.0302. The molecule has 3 rings (SSSR count). The summed E-state index contributed by atoms with van der Waals surface area (Å²) < 4.78 is 0.